The quantitative estimate of drug-likeness (QED) is 0.404. The highest BCUT2D eigenvalue weighted by Gasteiger charge is 2.31. The third-order valence-corrected chi connectivity index (χ3v) is 5.95. The first-order chi connectivity index (χ1) is 16.0. The van der Waals surface area contributed by atoms with Gasteiger partial charge in [-0.2, -0.15) is 0 Å². The van der Waals surface area contributed by atoms with Crippen LogP contribution in [-0.4, -0.2) is 26.6 Å². The molecule has 0 atom stereocenters. The third-order valence-electron chi connectivity index (χ3n) is 5.95. The van der Waals surface area contributed by atoms with Crippen LogP contribution in [0.1, 0.15) is 28.0 Å². The second-order valence-electron chi connectivity index (χ2n) is 7.86. The predicted octanol–water partition coefficient (Wildman–Crippen LogP) is 5.33. The molecule has 1 aliphatic carbocycles. The largest absolute Gasteiger partial charge is 0.477 e. The van der Waals surface area contributed by atoms with Crippen LogP contribution in [0.25, 0.3) is 38.4 Å². The maximum atomic E-state index is 15.0. The third kappa shape index (κ3) is 2.84. The molecule has 0 saturated heterocycles. The van der Waals surface area contributed by atoms with Gasteiger partial charge in [-0.05, 0) is 29.8 Å². The van der Waals surface area contributed by atoms with Gasteiger partial charge in [0.25, 0.3) is 0 Å². The van der Waals surface area contributed by atoms with Gasteiger partial charge in [0.2, 0.25) is 0 Å². The lowest BCUT2D eigenvalue weighted by molar-refractivity contribution is -0.113. The number of ketones is 1. The van der Waals surface area contributed by atoms with E-state index in [-0.39, 0.29) is 46.5 Å². The first kappa shape index (κ1) is 19.2. The van der Waals surface area contributed by atoms with E-state index in [4.69, 9.17) is 8.94 Å². The van der Waals surface area contributed by atoms with Gasteiger partial charge in [0.05, 0.1) is 28.7 Å². The Balaban J connectivity index is 1.71. The number of Topliss-reactive ketones (excluding diaryl/α,β-unsaturated/α-hetero) is 1. The zero-order valence-electron chi connectivity index (χ0n) is 17.0. The number of furan rings is 1. The number of nitrogens with zero attached hydrogens (tertiary/aromatic N) is 2. The molecule has 1 aliphatic rings. The molecule has 3 aromatic heterocycles. The lowest BCUT2D eigenvalue weighted by Gasteiger charge is -2.11. The van der Waals surface area contributed by atoms with Crippen LogP contribution in [0.5, 0.6) is 0 Å². The molecule has 6 rings (SSSR count). The van der Waals surface area contributed by atoms with E-state index in [9.17, 15) is 19.1 Å². The van der Waals surface area contributed by atoms with Gasteiger partial charge in [0.1, 0.15) is 17.1 Å². The van der Waals surface area contributed by atoms with Crippen molar-refractivity contribution in [1.82, 2.24) is 9.72 Å². The molecule has 3 heterocycles. The molecule has 33 heavy (non-hydrogen) atoms. The summed E-state index contributed by atoms with van der Waals surface area (Å²) in [4.78, 5) is 25.3. The van der Waals surface area contributed by atoms with E-state index in [1.54, 1.807) is 30.5 Å². The number of carboxylic acids is 1. The first-order valence-corrected chi connectivity index (χ1v) is 10.2. The van der Waals surface area contributed by atoms with Crippen LogP contribution in [0, 0.1) is 5.82 Å². The zero-order valence-corrected chi connectivity index (χ0v) is 17.0. The summed E-state index contributed by atoms with van der Waals surface area (Å²) in [5.74, 6) is -1.99. The minimum absolute atomic E-state index is 0.109. The van der Waals surface area contributed by atoms with Gasteiger partial charge in [-0.15, -0.1) is 0 Å². The number of carbonyl (C=O) groups excluding carboxylic acids is 1. The summed E-state index contributed by atoms with van der Waals surface area (Å²) < 4.78 is 27.3. The van der Waals surface area contributed by atoms with E-state index in [0.717, 1.165) is 10.9 Å². The summed E-state index contributed by atoms with van der Waals surface area (Å²) in [5.41, 5.74) is 2.19. The number of aromatic nitrogens is 2. The number of hydrogen-bond acceptors (Lipinski definition) is 5. The Kier molecular flexibility index (Phi) is 4.10. The summed E-state index contributed by atoms with van der Waals surface area (Å²) >= 11 is 0. The fraction of sp³-hybridized carbons (Fsp3) is 0.0800. The molecule has 0 bridgehead atoms. The summed E-state index contributed by atoms with van der Waals surface area (Å²) in [7, 11) is 0. The van der Waals surface area contributed by atoms with Gasteiger partial charge in [-0.25, -0.2) is 9.18 Å². The van der Waals surface area contributed by atoms with Crippen LogP contribution < -0.4 is 0 Å². The maximum absolute atomic E-state index is 15.0. The summed E-state index contributed by atoms with van der Waals surface area (Å²) in [6.45, 7) is 0.109. The van der Waals surface area contributed by atoms with Crippen molar-refractivity contribution in [1.29, 1.82) is 0 Å². The molecule has 8 heteroatoms. The van der Waals surface area contributed by atoms with Crippen molar-refractivity contribution in [3.05, 3.63) is 83.7 Å². The molecule has 0 saturated carbocycles. The number of halogens is 1. The topological polar surface area (TPSA) is 98.5 Å². The molecule has 162 valence electrons. The van der Waals surface area contributed by atoms with Crippen LogP contribution in [0.2, 0.25) is 0 Å². The standard InChI is InChI=1S/C25H15FN2O5/c26-17-10-18-22(24-15(17)7-8-32-24)21(16-3-1-2-4-19(16)29)23(25(30)31)28(18)12-13-5-6-14-11-27-33-20(14)9-13/h1-3,5-11H,4,12H2,(H,30,31). The number of aromatic carboxylic acids is 1. The van der Waals surface area contributed by atoms with Gasteiger partial charge in [0, 0.05) is 29.5 Å². The van der Waals surface area contributed by atoms with E-state index >= 15 is 0 Å². The molecule has 2 aromatic carbocycles. The SMILES string of the molecule is O=C1CC=CC=C1c1c(C(=O)O)n(Cc2ccc3cnoc3c2)c2cc(F)c3ccoc3c12. The van der Waals surface area contributed by atoms with E-state index in [1.165, 1.54) is 23.0 Å². The van der Waals surface area contributed by atoms with Crippen molar-refractivity contribution in [3.8, 4) is 0 Å². The van der Waals surface area contributed by atoms with Crippen LogP contribution >= 0.6 is 0 Å². The second kappa shape index (κ2) is 7.03. The van der Waals surface area contributed by atoms with E-state index in [2.05, 4.69) is 5.16 Å². The van der Waals surface area contributed by atoms with Gasteiger partial charge in [-0.1, -0.05) is 29.5 Å². The second-order valence-corrected chi connectivity index (χ2v) is 7.86. The van der Waals surface area contributed by atoms with Crippen LogP contribution in [0.3, 0.4) is 0 Å². The Bertz CT molecular complexity index is 1680. The van der Waals surface area contributed by atoms with Gasteiger partial charge >= 0.3 is 5.97 Å². The van der Waals surface area contributed by atoms with Crippen LogP contribution in [0.4, 0.5) is 4.39 Å². The number of rotatable bonds is 4. The highest BCUT2D eigenvalue weighted by atomic mass is 19.1. The van der Waals surface area contributed by atoms with Crippen molar-refractivity contribution < 1.29 is 28.0 Å². The smallest absolute Gasteiger partial charge is 0.353 e. The fourth-order valence-electron chi connectivity index (χ4n) is 4.50. The number of benzene rings is 2. The maximum Gasteiger partial charge on any atom is 0.353 e. The summed E-state index contributed by atoms with van der Waals surface area (Å²) in [5, 5.41) is 15.4. The van der Waals surface area contributed by atoms with Crippen molar-refractivity contribution in [3.63, 3.8) is 0 Å². The van der Waals surface area contributed by atoms with Gasteiger partial charge < -0.3 is 18.6 Å². The van der Waals surface area contributed by atoms with Crippen molar-refractivity contribution in [2.45, 2.75) is 13.0 Å². The normalized spacial score (nSPS) is 14.0. The highest BCUT2D eigenvalue weighted by Crippen LogP contribution is 2.40. The molecule has 0 radical (unpaired) electrons. The molecule has 0 aliphatic heterocycles. The minimum atomic E-state index is -1.23. The predicted molar refractivity (Wildman–Crippen MR) is 118 cm³/mol. The lowest BCUT2D eigenvalue weighted by atomic mass is 9.93. The Morgan fingerprint density at radius 2 is 2.12 bits per heavy atom. The Hall–Kier alpha value is -4.46. The zero-order chi connectivity index (χ0) is 22.7. The van der Waals surface area contributed by atoms with E-state index in [0.29, 0.717) is 16.5 Å². The number of allylic oxidation sites excluding steroid dienone is 4. The van der Waals surface area contributed by atoms with E-state index in [1.807, 2.05) is 12.1 Å². The molecule has 5 aromatic rings. The average molecular weight is 442 g/mol. The summed E-state index contributed by atoms with van der Waals surface area (Å²) in [6, 6.07) is 8.18. The molecular formula is C25H15FN2O5. The van der Waals surface area contributed by atoms with Crippen LogP contribution in [0.15, 0.2) is 70.0 Å². The molecule has 7 nitrogen and oxygen atoms in total. The van der Waals surface area contributed by atoms with Crippen LogP contribution in [-0.2, 0) is 11.3 Å². The Labute approximate surface area is 185 Å². The number of hydrogen-bond donors (Lipinski definition) is 1. The molecule has 0 unspecified atom stereocenters. The Morgan fingerprint density at radius 3 is 2.94 bits per heavy atom. The van der Waals surface area contributed by atoms with Crippen molar-refractivity contribution >= 4 is 50.2 Å². The van der Waals surface area contributed by atoms with Crippen molar-refractivity contribution in [2.75, 3.05) is 0 Å². The van der Waals surface area contributed by atoms with E-state index < -0.39 is 11.8 Å². The molecule has 0 fully saturated rings. The van der Waals surface area contributed by atoms with Gasteiger partial charge in [-0.3, -0.25) is 4.79 Å². The number of carbonyl (C=O) groups is 2. The number of fused-ring (bicyclic) bond motifs is 4. The minimum Gasteiger partial charge on any atom is -0.477 e. The summed E-state index contributed by atoms with van der Waals surface area (Å²) in [6.07, 6.45) is 8.11. The molecule has 1 N–H and O–H groups in total. The lowest BCUT2D eigenvalue weighted by Crippen LogP contribution is -2.13. The highest BCUT2D eigenvalue weighted by molar-refractivity contribution is 6.29. The van der Waals surface area contributed by atoms with Crippen molar-refractivity contribution in [2.24, 2.45) is 0 Å². The first-order valence-electron chi connectivity index (χ1n) is 10.2. The van der Waals surface area contributed by atoms with Gasteiger partial charge in [0.15, 0.2) is 11.4 Å². The molecule has 0 amide bonds. The fourth-order valence-corrected chi connectivity index (χ4v) is 4.50. The molecular weight excluding hydrogens is 427 g/mol. The monoisotopic (exact) mass is 442 g/mol. The Morgan fingerprint density at radius 1 is 1.24 bits per heavy atom. The molecule has 0 spiro atoms. The number of carboxylic acid groups (broad SMARTS) is 1. The average Bonchev–Trinajstić information content (AvgIpc) is 3.52.